The van der Waals surface area contributed by atoms with E-state index in [0.717, 1.165) is 27.8 Å². The van der Waals surface area contributed by atoms with Gasteiger partial charge < -0.3 is 15.3 Å². The van der Waals surface area contributed by atoms with Gasteiger partial charge in [-0.1, -0.05) is 13.3 Å². The molecule has 0 saturated carbocycles. The smallest absolute Gasteiger partial charge is 0.0319 e. The van der Waals surface area contributed by atoms with Crippen LogP contribution < -0.4 is 0 Å². The fourth-order valence-corrected chi connectivity index (χ4v) is 0.650. The Kier molecular flexibility index (Phi) is 49.4. The van der Waals surface area contributed by atoms with E-state index in [9.17, 15) is 0 Å². The Morgan fingerprint density at radius 1 is 0.857 bits per heavy atom. The van der Waals surface area contributed by atoms with Crippen LogP contribution in [0, 0.1) is 0 Å². The molecule has 0 saturated heterocycles. The Bertz CT molecular complexity index is 130. The second kappa shape index (κ2) is 29.3. The van der Waals surface area contributed by atoms with Crippen molar-refractivity contribution in [2.45, 2.75) is 13.3 Å². The van der Waals surface area contributed by atoms with Crippen molar-refractivity contribution >= 4 is 0 Å². The zero-order valence-electron chi connectivity index (χ0n) is 9.36. The minimum absolute atomic E-state index is 0. The van der Waals surface area contributed by atoms with Crippen molar-refractivity contribution in [1.29, 1.82) is 0 Å². The Morgan fingerprint density at radius 2 is 1.14 bits per heavy atom. The zero-order chi connectivity index (χ0) is 11.1. The minimum Gasteiger partial charge on any atom is -0.400 e. The molecule has 14 heavy (non-hydrogen) atoms. The summed E-state index contributed by atoms with van der Waals surface area (Å²) in [5, 5.41) is 21.0. The molecule has 1 aromatic carbocycles. The molecule has 0 heterocycles. The van der Waals surface area contributed by atoms with Crippen molar-refractivity contribution in [2.75, 3.05) is 21.3 Å². The Labute approximate surface area is 102 Å². The first-order valence-corrected chi connectivity index (χ1v) is 3.98. The maximum Gasteiger partial charge on any atom is 0.0319 e. The molecule has 4 heteroatoms. The van der Waals surface area contributed by atoms with Crippen molar-refractivity contribution in [1.82, 2.24) is 0 Å². The van der Waals surface area contributed by atoms with Crippen LogP contribution in [0.3, 0.4) is 0 Å². The third-order valence-corrected chi connectivity index (χ3v) is 1.14. The van der Waals surface area contributed by atoms with Gasteiger partial charge in [0.2, 0.25) is 0 Å². The van der Waals surface area contributed by atoms with Crippen LogP contribution in [0.1, 0.15) is 12.5 Å². The zero-order valence-corrected chi connectivity index (χ0v) is 10.9. The molecule has 3 N–H and O–H groups in total. The minimum atomic E-state index is 0. The van der Waals surface area contributed by atoms with Gasteiger partial charge in [0.1, 0.15) is 0 Å². The molecule has 84 valence electrons. The van der Waals surface area contributed by atoms with Gasteiger partial charge in [-0.3, -0.25) is 0 Å². The molecular formula is C10H21O3Ti-. The average molecular weight is 237 g/mol. The summed E-state index contributed by atoms with van der Waals surface area (Å²) in [7, 11) is 3.00. The van der Waals surface area contributed by atoms with Crippen molar-refractivity contribution in [3.63, 3.8) is 0 Å². The fourth-order valence-electron chi connectivity index (χ4n) is 0.650. The van der Waals surface area contributed by atoms with E-state index in [1.54, 1.807) is 0 Å². The van der Waals surface area contributed by atoms with Gasteiger partial charge in [-0.25, -0.2) is 12.1 Å². The Balaban J connectivity index is -0.0000000625. The quantitative estimate of drug-likeness (QED) is 0.500. The van der Waals surface area contributed by atoms with Crippen LogP contribution in [-0.4, -0.2) is 36.6 Å². The summed E-state index contributed by atoms with van der Waals surface area (Å²) < 4.78 is 0. The van der Waals surface area contributed by atoms with Crippen LogP contribution in [0.5, 0.6) is 0 Å². The average Bonchev–Trinajstić information content (AvgIpc) is 2.79. The molecule has 0 radical (unpaired) electrons. The summed E-state index contributed by atoms with van der Waals surface area (Å²) in [6.45, 7) is 2.16. The molecule has 1 rings (SSSR count). The monoisotopic (exact) mass is 237 g/mol. The summed E-state index contributed by atoms with van der Waals surface area (Å²) >= 11 is 0. The Morgan fingerprint density at radius 3 is 1.29 bits per heavy atom. The van der Waals surface area contributed by atoms with Crippen LogP contribution in [0.2, 0.25) is 0 Å². The molecule has 0 bridgehead atoms. The second-order valence-electron chi connectivity index (χ2n) is 1.65. The van der Waals surface area contributed by atoms with Crippen molar-refractivity contribution in [3.8, 4) is 0 Å². The van der Waals surface area contributed by atoms with Crippen LogP contribution in [0.4, 0.5) is 0 Å². The van der Waals surface area contributed by atoms with Gasteiger partial charge in [-0.05, 0) is 0 Å². The van der Waals surface area contributed by atoms with E-state index < -0.39 is 0 Å². The largest absolute Gasteiger partial charge is 0.400 e. The summed E-state index contributed by atoms with van der Waals surface area (Å²) in [5.41, 5.74) is 1.43. The molecule has 0 aliphatic heterocycles. The first kappa shape index (κ1) is 23.6. The van der Waals surface area contributed by atoms with Gasteiger partial charge in [0.25, 0.3) is 0 Å². The van der Waals surface area contributed by atoms with E-state index in [1.807, 2.05) is 0 Å². The van der Waals surface area contributed by atoms with Gasteiger partial charge in [0.05, 0.1) is 0 Å². The molecule has 0 amide bonds. The SMILES string of the molecule is CC[c-]1cccc1.CO.CO.CO.[Ti]. The van der Waals surface area contributed by atoms with Gasteiger partial charge in [-0.2, -0.15) is 17.7 Å². The molecule has 0 aliphatic carbocycles. The van der Waals surface area contributed by atoms with Crippen molar-refractivity contribution < 1.29 is 37.0 Å². The molecule has 3 nitrogen and oxygen atoms in total. The number of rotatable bonds is 1. The number of aliphatic hydroxyl groups is 3. The Hall–Kier alpha value is -0.0557. The van der Waals surface area contributed by atoms with Gasteiger partial charge in [0.15, 0.2) is 0 Å². The molecule has 0 aromatic heterocycles. The summed E-state index contributed by atoms with van der Waals surface area (Å²) in [4.78, 5) is 0. The maximum atomic E-state index is 7.00. The normalized spacial score (nSPS) is 5.93. The number of hydrogen-bond acceptors (Lipinski definition) is 3. The molecule has 0 spiro atoms. The number of aryl methyl sites for hydroxylation is 1. The van der Waals surface area contributed by atoms with E-state index in [4.69, 9.17) is 15.3 Å². The van der Waals surface area contributed by atoms with Crippen LogP contribution in [0.25, 0.3) is 0 Å². The molecular weight excluding hydrogens is 216 g/mol. The van der Waals surface area contributed by atoms with Gasteiger partial charge in [-0.15, -0.1) is 0 Å². The topological polar surface area (TPSA) is 60.7 Å². The maximum absolute atomic E-state index is 7.00. The molecule has 0 fully saturated rings. The second-order valence-corrected chi connectivity index (χ2v) is 1.65. The number of hydrogen-bond donors (Lipinski definition) is 3. The first-order valence-electron chi connectivity index (χ1n) is 3.98. The summed E-state index contributed by atoms with van der Waals surface area (Å²) in [5.74, 6) is 0. The van der Waals surface area contributed by atoms with Crippen molar-refractivity contribution in [3.05, 3.63) is 29.8 Å². The summed E-state index contributed by atoms with van der Waals surface area (Å²) in [6.07, 6.45) is 1.16. The van der Waals surface area contributed by atoms with Crippen molar-refractivity contribution in [2.24, 2.45) is 0 Å². The number of aliphatic hydroxyl groups excluding tert-OH is 3. The fraction of sp³-hybridized carbons (Fsp3) is 0.500. The predicted octanol–water partition coefficient (Wildman–Crippen LogP) is 0.791. The molecule has 0 unspecified atom stereocenters. The van der Waals surface area contributed by atoms with E-state index in [1.165, 1.54) is 5.56 Å². The van der Waals surface area contributed by atoms with Crippen LogP contribution in [0.15, 0.2) is 24.3 Å². The van der Waals surface area contributed by atoms with E-state index in [2.05, 4.69) is 31.2 Å². The molecule has 0 atom stereocenters. The third-order valence-electron chi connectivity index (χ3n) is 1.14. The van der Waals surface area contributed by atoms with E-state index in [-0.39, 0.29) is 21.7 Å². The van der Waals surface area contributed by atoms with E-state index >= 15 is 0 Å². The molecule has 1 aromatic rings. The first-order chi connectivity index (χ1) is 6.43. The van der Waals surface area contributed by atoms with Gasteiger partial charge >= 0.3 is 0 Å². The summed E-state index contributed by atoms with van der Waals surface area (Å²) in [6, 6.07) is 8.41. The standard InChI is InChI=1S/C7H9.3CH4O.Ti/c1-2-7-5-3-4-6-7;3*1-2;/h3-6H,2H2,1H3;3*2H,1H3;/q-1;;;;. The molecule has 0 aliphatic rings. The van der Waals surface area contributed by atoms with Gasteiger partial charge in [0, 0.05) is 43.0 Å². The third kappa shape index (κ3) is 17.9. The predicted molar refractivity (Wildman–Crippen MR) is 55.8 cm³/mol. The van der Waals surface area contributed by atoms with E-state index in [0.29, 0.717) is 0 Å². The van der Waals surface area contributed by atoms with Crippen LogP contribution >= 0.6 is 0 Å². The van der Waals surface area contributed by atoms with Crippen LogP contribution in [-0.2, 0) is 28.1 Å².